The molecule has 4 nitrogen and oxygen atoms in total. The summed E-state index contributed by atoms with van der Waals surface area (Å²) in [6.07, 6.45) is 1.57. The number of aromatic nitrogens is 1. The molecular weight excluding hydrogens is 320 g/mol. The van der Waals surface area contributed by atoms with Gasteiger partial charge in [0.05, 0.1) is 24.3 Å². The minimum Gasteiger partial charge on any atom is -0.377 e. The summed E-state index contributed by atoms with van der Waals surface area (Å²) >= 11 is 9.29. The number of pyridine rings is 1. The number of hydrogen-bond acceptors (Lipinski definition) is 3. The SMILES string of the molecule is CC1(C)COCCN1C(=O)c1cc(Br)cnc1Cl. The summed E-state index contributed by atoms with van der Waals surface area (Å²) in [6, 6.07) is 1.70. The van der Waals surface area contributed by atoms with Gasteiger partial charge in [0, 0.05) is 17.2 Å². The van der Waals surface area contributed by atoms with E-state index < -0.39 is 0 Å². The molecule has 2 rings (SSSR count). The van der Waals surface area contributed by atoms with Gasteiger partial charge in [-0.1, -0.05) is 11.6 Å². The molecule has 18 heavy (non-hydrogen) atoms. The Bertz CT molecular complexity index is 479. The summed E-state index contributed by atoms with van der Waals surface area (Å²) in [5, 5.41) is 0.227. The first-order chi connectivity index (χ1) is 8.42. The molecular formula is C12H14BrClN2O2. The molecule has 0 unspecified atom stereocenters. The summed E-state index contributed by atoms with van der Waals surface area (Å²) < 4.78 is 6.14. The highest BCUT2D eigenvalue weighted by Crippen LogP contribution is 2.25. The second-order valence-corrected chi connectivity index (χ2v) is 6.09. The lowest BCUT2D eigenvalue weighted by molar-refractivity contribution is -0.0370. The van der Waals surface area contributed by atoms with E-state index in [1.165, 1.54) is 0 Å². The Kier molecular flexibility index (Phi) is 3.94. The van der Waals surface area contributed by atoms with Crippen molar-refractivity contribution in [1.29, 1.82) is 0 Å². The van der Waals surface area contributed by atoms with E-state index in [1.807, 2.05) is 13.8 Å². The number of morpholine rings is 1. The van der Waals surface area contributed by atoms with E-state index in [-0.39, 0.29) is 16.6 Å². The fourth-order valence-corrected chi connectivity index (χ4v) is 2.47. The maximum Gasteiger partial charge on any atom is 0.257 e. The van der Waals surface area contributed by atoms with E-state index in [0.29, 0.717) is 25.3 Å². The van der Waals surface area contributed by atoms with E-state index in [4.69, 9.17) is 16.3 Å². The maximum absolute atomic E-state index is 12.5. The first kappa shape index (κ1) is 13.8. The summed E-state index contributed by atoms with van der Waals surface area (Å²) in [4.78, 5) is 18.3. The first-order valence-corrected chi connectivity index (χ1v) is 6.80. The van der Waals surface area contributed by atoms with Crippen LogP contribution in [0.1, 0.15) is 24.2 Å². The van der Waals surface area contributed by atoms with Gasteiger partial charge in [0.2, 0.25) is 0 Å². The van der Waals surface area contributed by atoms with Crippen LogP contribution in [-0.2, 0) is 4.74 Å². The molecule has 1 aliphatic rings. The molecule has 1 fully saturated rings. The number of carbonyl (C=O) groups is 1. The molecule has 0 bridgehead atoms. The normalized spacial score (nSPS) is 18.8. The number of rotatable bonds is 1. The largest absolute Gasteiger partial charge is 0.377 e. The fraction of sp³-hybridized carbons (Fsp3) is 0.500. The van der Waals surface area contributed by atoms with Crippen LogP contribution in [0, 0.1) is 0 Å². The van der Waals surface area contributed by atoms with Crippen molar-refractivity contribution in [3.63, 3.8) is 0 Å². The summed E-state index contributed by atoms with van der Waals surface area (Å²) in [6.45, 7) is 5.59. The van der Waals surface area contributed by atoms with Gasteiger partial charge in [-0.15, -0.1) is 0 Å². The molecule has 98 valence electrons. The zero-order chi connectivity index (χ0) is 13.3. The third-order valence-electron chi connectivity index (χ3n) is 2.93. The van der Waals surface area contributed by atoms with Crippen LogP contribution >= 0.6 is 27.5 Å². The third kappa shape index (κ3) is 2.68. The van der Waals surface area contributed by atoms with Crippen LogP contribution in [0.25, 0.3) is 0 Å². The highest BCUT2D eigenvalue weighted by atomic mass is 79.9. The van der Waals surface area contributed by atoms with Crippen LogP contribution in [0.4, 0.5) is 0 Å². The summed E-state index contributed by atoms with van der Waals surface area (Å²) in [7, 11) is 0. The average molecular weight is 334 g/mol. The van der Waals surface area contributed by atoms with Gasteiger partial charge in [-0.3, -0.25) is 4.79 Å². The summed E-state index contributed by atoms with van der Waals surface area (Å²) in [5.41, 5.74) is 0.0852. The lowest BCUT2D eigenvalue weighted by Gasteiger charge is -2.42. The van der Waals surface area contributed by atoms with Crippen LogP contribution < -0.4 is 0 Å². The summed E-state index contributed by atoms with van der Waals surface area (Å²) in [5.74, 6) is -0.109. The zero-order valence-electron chi connectivity index (χ0n) is 10.2. The molecule has 1 aliphatic heterocycles. The van der Waals surface area contributed by atoms with E-state index in [2.05, 4.69) is 20.9 Å². The molecule has 0 aliphatic carbocycles. The molecule has 1 aromatic heterocycles. The van der Waals surface area contributed by atoms with E-state index in [0.717, 1.165) is 4.47 Å². The van der Waals surface area contributed by atoms with Gasteiger partial charge >= 0.3 is 0 Å². The van der Waals surface area contributed by atoms with Gasteiger partial charge in [-0.2, -0.15) is 0 Å². The molecule has 1 aromatic rings. The van der Waals surface area contributed by atoms with Gasteiger partial charge < -0.3 is 9.64 Å². The molecule has 0 saturated carbocycles. The van der Waals surface area contributed by atoms with Crippen molar-refractivity contribution in [3.05, 3.63) is 27.5 Å². The molecule has 1 amide bonds. The Morgan fingerprint density at radius 3 is 3.00 bits per heavy atom. The third-order valence-corrected chi connectivity index (χ3v) is 3.66. The molecule has 0 radical (unpaired) electrons. The second kappa shape index (κ2) is 5.15. The average Bonchev–Trinajstić information content (AvgIpc) is 2.31. The van der Waals surface area contributed by atoms with E-state index in [9.17, 15) is 4.79 Å². The quantitative estimate of drug-likeness (QED) is 0.742. The Hall–Kier alpha value is -0.650. The Morgan fingerprint density at radius 1 is 1.61 bits per heavy atom. The highest BCUT2D eigenvalue weighted by Gasteiger charge is 2.35. The molecule has 0 aromatic carbocycles. The van der Waals surface area contributed by atoms with Crippen LogP contribution in [0.15, 0.2) is 16.7 Å². The molecule has 1 saturated heterocycles. The van der Waals surface area contributed by atoms with Crippen molar-refractivity contribution in [3.8, 4) is 0 Å². The van der Waals surface area contributed by atoms with Crippen LogP contribution in [0.2, 0.25) is 5.15 Å². The van der Waals surface area contributed by atoms with Crippen molar-refractivity contribution in [2.24, 2.45) is 0 Å². The van der Waals surface area contributed by atoms with Crippen molar-refractivity contribution < 1.29 is 9.53 Å². The number of nitrogens with zero attached hydrogens (tertiary/aromatic N) is 2. The standard InChI is InChI=1S/C12H14BrClN2O2/c1-12(2)7-18-4-3-16(12)11(17)9-5-8(13)6-15-10(9)14/h5-6H,3-4,7H2,1-2H3. The number of carbonyl (C=O) groups excluding carboxylic acids is 1. The maximum atomic E-state index is 12.5. The van der Waals surface area contributed by atoms with Crippen molar-refractivity contribution >= 4 is 33.4 Å². The number of halogens is 2. The van der Waals surface area contributed by atoms with Gasteiger partial charge in [-0.25, -0.2) is 4.98 Å². The topological polar surface area (TPSA) is 42.4 Å². The van der Waals surface area contributed by atoms with Gasteiger partial charge in [0.15, 0.2) is 0 Å². The van der Waals surface area contributed by atoms with Gasteiger partial charge in [0.1, 0.15) is 5.15 Å². The number of ether oxygens (including phenoxy) is 1. The van der Waals surface area contributed by atoms with Crippen LogP contribution in [-0.4, -0.2) is 41.1 Å². The first-order valence-electron chi connectivity index (χ1n) is 5.62. The molecule has 6 heteroatoms. The van der Waals surface area contributed by atoms with Gasteiger partial charge in [0.25, 0.3) is 5.91 Å². The molecule has 2 heterocycles. The smallest absolute Gasteiger partial charge is 0.257 e. The molecule has 0 N–H and O–H groups in total. The van der Waals surface area contributed by atoms with Crippen molar-refractivity contribution in [2.75, 3.05) is 19.8 Å². The number of amides is 1. The van der Waals surface area contributed by atoms with Crippen molar-refractivity contribution in [1.82, 2.24) is 9.88 Å². The Morgan fingerprint density at radius 2 is 2.33 bits per heavy atom. The highest BCUT2D eigenvalue weighted by molar-refractivity contribution is 9.10. The van der Waals surface area contributed by atoms with Gasteiger partial charge in [-0.05, 0) is 35.8 Å². The van der Waals surface area contributed by atoms with Crippen molar-refractivity contribution in [2.45, 2.75) is 19.4 Å². The fourth-order valence-electron chi connectivity index (χ4n) is 1.95. The minimum absolute atomic E-state index is 0.109. The Labute approximate surface area is 119 Å². The molecule has 0 spiro atoms. The minimum atomic E-state index is -0.332. The van der Waals surface area contributed by atoms with Crippen LogP contribution in [0.5, 0.6) is 0 Å². The zero-order valence-corrected chi connectivity index (χ0v) is 12.6. The second-order valence-electron chi connectivity index (χ2n) is 4.81. The monoisotopic (exact) mass is 332 g/mol. The predicted molar refractivity (Wildman–Crippen MR) is 72.9 cm³/mol. The van der Waals surface area contributed by atoms with Crippen LogP contribution in [0.3, 0.4) is 0 Å². The lowest BCUT2D eigenvalue weighted by Crippen LogP contribution is -2.55. The molecule has 0 atom stereocenters. The van der Waals surface area contributed by atoms with E-state index >= 15 is 0 Å². The van der Waals surface area contributed by atoms with E-state index in [1.54, 1.807) is 17.2 Å². The number of hydrogen-bond donors (Lipinski definition) is 0. The predicted octanol–water partition coefficient (Wildman–Crippen LogP) is 2.75. The lowest BCUT2D eigenvalue weighted by atomic mass is 10.0. The Balaban J connectivity index is 2.33.